The Kier molecular flexibility index (Phi) is 3.85. The van der Waals surface area contributed by atoms with Gasteiger partial charge in [-0.1, -0.05) is 24.4 Å². The second-order valence-corrected chi connectivity index (χ2v) is 3.44. The second kappa shape index (κ2) is 4.93. The fraction of sp³-hybridized carbons (Fsp3) is 0.300. The minimum absolute atomic E-state index is 0.0329. The van der Waals surface area contributed by atoms with E-state index in [1.807, 2.05) is 0 Å². The molecule has 0 aromatic heterocycles. The van der Waals surface area contributed by atoms with Gasteiger partial charge < -0.3 is 15.6 Å². The molecular weight excluding hydrogens is 198 g/mol. The third-order valence-electron chi connectivity index (χ3n) is 1.82. The summed E-state index contributed by atoms with van der Waals surface area (Å²) in [6.07, 6.45) is -0.273. The van der Waals surface area contributed by atoms with E-state index in [-0.39, 0.29) is 12.7 Å². The van der Waals surface area contributed by atoms with E-state index in [1.54, 1.807) is 31.2 Å². The summed E-state index contributed by atoms with van der Waals surface area (Å²) in [4.78, 5) is 0.330. The fourth-order valence-electron chi connectivity index (χ4n) is 0.936. The molecule has 1 rings (SSSR count). The first kappa shape index (κ1) is 10.9. The van der Waals surface area contributed by atoms with Gasteiger partial charge in [-0.3, -0.25) is 0 Å². The monoisotopic (exact) mass is 211 g/mol. The minimum Gasteiger partial charge on any atom is -0.484 e. The molecule has 0 amide bonds. The van der Waals surface area contributed by atoms with E-state index in [0.717, 1.165) is 5.56 Å². The molecule has 0 bridgehead atoms. The van der Waals surface area contributed by atoms with Gasteiger partial charge in [-0.25, -0.2) is 0 Å². The lowest BCUT2D eigenvalue weighted by molar-refractivity contribution is 0.279. The Bertz CT molecular complexity index is 310. The summed E-state index contributed by atoms with van der Waals surface area (Å²) in [6, 6.07) is 7.14. The van der Waals surface area contributed by atoms with E-state index in [1.165, 1.54) is 0 Å². The van der Waals surface area contributed by atoms with Crippen LogP contribution < -0.4 is 10.5 Å². The molecule has 0 aliphatic rings. The van der Waals surface area contributed by atoms with Crippen molar-refractivity contribution >= 4 is 17.2 Å². The van der Waals surface area contributed by atoms with Crippen LogP contribution >= 0.6 is 12.2 Å². The number of hydrogen-bond donors (Lipinski definition) is 2. The Morgan fingerprint density at radius 2 is 2.07 bits per heavy atom. The summed E-state index contributed by atoms with van der Waals surface area (Å²) in [5.41, 5.74) is 6.25. The van der Waals surface area contributed by atoms with Crippen molar-refractivity contribution in [1.29, 1.82) is 0 Å². The van der Waals surface area contributed by atoms with Gasteiger partial charge in [0.15, 0.2) is 0 Å². The Balaban J connectivity index is 2.64. The normalized spacial score (nSPS) is 12.1. The van der Waals surface area contributed by atoms with E-state index in [4.69, 9.17) is 27.8 Å². The molecule has 14 heavy (non-hydrogen) atoms. The van der Waals surface area contributed by atoms with Gasteiger partial charge in [0.2, 0.25) is 0 Å². The number of benzene rings is 1. The second-order valence-electron chi connectivity index (χ2n) is 2.96. The summed E-state index contributed by atoms with van der Waals surface area (Å²) < 4.78 is 5.43. The molecule has 3 N–H and O–H groups in total. The van der Waals surface area contributed by atoms with Crippen LogP contribution in [0, 0.1) is 0 Å². The van der Waals surface area contributed by atoms with Crippen molar-refractivity contribution in [2.24, 2.45) is 5.73 Å². The Labute approximate surface area is 88.5 Å². The molecule has 1 aromatic rings. The maximum atomic E-state index is 8.82. The number of aliphatic hydroxyl groups is 1. The van der Waals surface area contributed by atoms with Gasteiger partial charge in [-0.05, 0) is 24.6 Å². The molecule has 1 unspecified atom stereocenters. The molecule has 76 valence electrons. The molecule has 1 aromatic carbocycles. The van der Waals surface area contributed by atoms with Gasteiger partial charge >= 0.3 is 0 Å². The third kappa shape index (κ3) is 2.97. The average Bonchev–Trinajstić information content (AvgIpc) is 2.19. The van der Waals surface area contributed by atoms with Crippen LogP contribution in [0.1, 0.15) is 12.5 Å². The van der Waals surface area contributed by atoms with Crippen LogP contribution in [0.4, 0.5) is 0 Å². The maximum absolute atomic E-state index is 8.82. The van der Waals surface area contributed by atoms with E-state index in [9.17, 15) is 0 Å². The van der Waals surface area contributed by atoms with Crippen LogP contribution in [-0.4, -0.2) is 16.2 Å². The number of aliphatic hydroxyl groups excluding tert-OH is 1. The van der Waals surface area contributed by atoms with E-state index in [2.05, 4.69) is 0 Å². The lowest BCUT2D eigenvalue weighted by Crippen LogP contribution is -2.28. The zero-order chi connectivity index (χ0) is 10.6. The molecule has 0 saturated heterocycles. The van der Waals surface area contributed by atoms with Crippen molar-refractivity contribution < 1.29 is 9.84 Å². The van der Waals surface area contributed by atoms with Gasteiger partial charge in [0, 0.05) is 0 Å². The van der Waals surface area contributed by atoms with Crippen LogP contribution in [0.3, 0.4) is 0 Å². The van der Waals surface area contributed by atoms with Gasteiger partial charge in [0.05, 0.1) is 6.61 Å². The Hall–Kier alpha value is -1.13. The van der Waals surface area contributed by atoms with Crippen molar-refractivity contribution in [3.05, 3.63) is 29.8 Å². The molecule has 0 radical (unpaired) electrons. The largest absolute Gasteiger partial charge is 0.484 e. The zero-order valence-electron chi connectivity index (χ0n) is 7.93. The summed E-state index contributed by atoms with van der Waals surface area (Å²) in [7, 11) is 0. The number of nitrogens with two attached hydrogens (primary N) is 1. The van der Waals surface area contributed by atoms with Gasteiger partial charge in [-0.15, -0.1) is 0 Å². The van der Waals surface area contributed by atoms with E-state index < -0.39 is 0 Å². The zero-order valence-corrected chi connectivity index (χ0v) is 8.75. The average molecular weight is 211 g/mol. The first-order valence-corrected chi connectivity index (χ1v) is 4.70. The third-order valence-corrected chi connectivity index (χ3v) is 2.15. The SMILES string of the molecule is CC(Oc1ccc(CO)cc1)C(N)=S. The van der Waals surface area contributed by atoms with Gasteiger partial charge in [0.1, 0.15) is 16.8 Å². The summed E-state index contributed by atoms with van der Waals surface area (Å²) in [6.45, 7) is 1.83. The molecule has 0 aliphatic carbocycles. The molecular formula is C10H13NO2S. The predicted octanol–water partition coefficient (Wildman–Crippen LogP) is 1.23. The number of hydrogen-bond acceptors (Lipinski definition) is 3. The standard InChI is InChI=1S/C10H13NO2S/c1-7(10(11)14)13-9-4-2-8(6-12)3-5-9/h2-5,7,12H,6H2,1H3,(H2,11,14). The molecule has 4 heteroatoms. The van der Waals surface area contributed by atoms with E-state index in [0.29, 0.717) is 10.7 Å². The van der Waals surface area contributed by atoms with Crippen LogP contribution in [-0.2, 0) is 6.61 Å². The topological polar surface area (TPSA) is 55.5 Å². The van der Waals surface area contributed by atoms with Crippen molar-refractivity contribution in [1.82, 2.24) is 0 Å². The number of ether oxygens (including phenoxy) is 1. The minimum atomic E-state index is -0.273. The highest BCUT2D eigenvalue weighted by atomic mass is 32.1. The summed E-state index contributed by atoms with van der Waals surface area (Å²) in [5.74, 6) is 0.697. The molecule has 0 fully saturated rings. The van der Waals surface area contributed by atoms with Crippen LogP contribution in [0.2, 0.25) is 0 Å². The number of rotatable bonds is 4. The summed E-state index contributed by atoms with van der Waals surface area (Å²) >= 11 is 4.78. The fourth-order valence-corrected chi connectivity index (χ4v) is 0.984. The van der Waals surface area contributed by atoms with Gasteiger partial charge in [-0.2, -0.15) is 0 Å². The van der Waals surface area contributed by atoms with Crippen molar-refractivity contribution in [2.75, 3.05) is 0 Å². The highest BCUT2D eigenvalue weighted by Crippen LogP contribution is 2.13. The Morgan fingerprint density at radius 3 is 2.50 bits per heavy atom. The van der Waals surface area contributed by atoms with E-state index >= 15 is 0 Å². The van der Waals surface area contributed by atoms with Crippen LogP contribution in [0.5, 0.6) is 5.75 Å². The highest BCUT2D eigenvalue weighted by Gasteiger charge is 2.05. The molecule has 3 nitrogen and oxygen atoms in total. The molecule has 1 atom stereocenters. The smallest absolute Gasteiger partial charge is 0.145 e. The molecule has 0 saturated carbocycles. The van der Waals surface area contributed by atoms with Crippen molar-refractivity contribution in [3.63, 3.8) is 0 Å². The van der Waals surface area contributed by atoms with Crippen LogP contribution in [0.15, 0.2) is 24.3 Å². The highest BCUT2D eigenvalue weighted by molar-refractivity contribution is 7.80. The predicted molar refractivity (Wildman–Crippen MR) is 59.2 cm³/mol. The van der Waals surface area contributed by atoms with Gasteiger partial charge in [0.25, 0.3) is 0 Å². The molecule has 0 spiro atoms. The quantitative estimate of drug-likeness (QED) is 0.736. The lowest BCUT2D eigenvalue weighted by Gasteiger charge is -2.12. The molecule has 0 aliphatic heterocycles. The lowest BCUT2D eigenvalue weighted by atomic mass is 10.2. The Morgan fingerprint density at radius 1 is 1.50 bits per heavy atom. The summed E-state index contributed by atoms with van der Waals surface area (Å²) in [5, 5.41) is 8.82. The van der Waals surface area contributed by atoms with Crippen molar-refractivity contribution in [3.8, 4) is 5.75 Å². The van der Waals surface area contributed by atoms with Crippen LogP contribution in [0.25, 0.3) is 0 Å². The molecule has 0 heterocycles. The van der Waals surface area contributed by atoms with Crippen molar-refractivity contribution in [2.45, 2.75) is 19.6 Å². The maximum Gasteiger partial charge on any atom is 0.145 e. The first-order valence-electron chi connectivity index (χ1n) is 4.29. The number of thiocarbonyl (C=S) groups is 1. The first-order chi connectivity index (χ1) is 6.63.